The van der Waals surface area contributed by atoms with Crippen molar-refractivity contribution in [3.63, 3.8) is 0 Å². The van der Waals surface area contributed by atoms with Crippen LogP contribution in [-0.2, 0) is 10.3 Å². The average Bonchev–Trinajstić information content (AvgIpc) is 2.43. The molecule has 2 unspecified atom stereocenters. The standard InChI is InChI=1S/C12H20B6ClNO2/c13-10(14)8(22)7(21)9(20,11(15,16)12(10,17)18)5-3-1-2-4-6(5)19/h1-4,8,22H,13-18,20H2. The molecule has 0 amide bonds. The van der Waals surface area contributed by atoms with Gasteiger partial charge in [-0.05, 0) is 11.6 Å². The molecule has 2 atom stereocenters. The highest BCUT2D eigenvalue weighted by Gasteiger charge is 2.67. The molecular formula is C12H20B6ClNO2. The number of halogens is 1. The summed E-state index contributed by atoms with van der Waals surface area (Å²) < 4.78 is 0. The summed E-state index contributed by atoms with van der Waals surface area (Å²) >= 11 is 6.34. The number of Topliss-reactive ketones (excluding diaryl/α,β-unsaturated/α-hetero) is 1. The molecule has 2 rings (SSSR count). The van der Waals surface area contributed by atoms with Gasteiger partial charge < -0.3 is 10.8 Å². The molecule has 110 valence electrons. The molecule has 3 nitrogen and oxygen atoms in total. The molecular weight excluding hydrogens is 290 g/mol. The minimum Gasteiger partial charge on any atom is -0.386 e. The summed E-state index contributed by atoms with van der Waals surface area (Å²) in [4.78, 5) is 13.1. The van der Waals surface area contributed by atoms with Gasteiger partial charge in [-0.1, -0.05) is 45.4 Å². The predicted octanol–water partition coefficient (Wildman–Crippen LogP) is -4.42. The number of aliphatic hydroxyl groups excluding tert-OH is 1. The molecule has 22 heavy (non-hydrogen) atoms. The van der Waals surface area contributed by atoms with Gasteiger partial charge in [0.2, 0.25) is 0 Å². The van der Waals surface area contributed by atoms with Crippen LogP contribution in [0.3, 0.4) is 0 Å². The van der Waals surface area contributed by atoms with Crippen molar-refractivity contribution < 1.29 is 9.90 Å². The maximum atomic E-state index is 13.1. The first-order chi connectivity index (χ1) is 9.83. The Kier molecular flexibility index (Phi) is 4.05. The average molecular weight is 311 g/mol. The first-order valence-electron chi connectivity index (χ1n) is 7.59. The van der Waals surface area contributed by atoms with Gasteiger partial charge in [0.15, 0.2) is 5.78 Å². The van der Waals surface area contributed by atoms with Crippen molar-refractivity contribution >= 4 is 64.5 Å². The molecule has 10 heteroatoms. The Bertz CT molecular complexity index is 638. The van der Waals surface area contributed by atoms with Gasteiger partial charge in [0.1, 0.15) is 37.5 Å². The fourth-order valence-corrected chi connectivity index (χ4v) is 4.03. The summed E-state index contributed by atoms with van der Waals surface area (Å²) in [6, 6.07) is 7.14. The van der Waals surface area contributed by atoms with Gasteiger partial charge in [0, 0.05) is 5.02 Å². The monoisotopic (exact) mass is 311 g/mol. The molecule has 0 aromatic heterocycles. The molecule has 1 fully saturated rings. The lowest BCUT2D eigenvalue weighted by Crippen LogP contribution is -2.71. The zero-order valence-corrected chi connectivity index (χ0v) is 15.0. The Balaban J connectivity index is 2.81. The molecule has 3 N–H and O–H groups in total. The molecule has 0 radical (unpaired) electrons. The first-order valence-corrected chi connectivity index (χ1v) is 7.97. The lowest BCUT2D eigenvalue weighted by atomic mass is 9.11. The van der Waals surface area contributed by atoms with Crippen LogP contribution >= 0.6 is 11.6 Å². The van der Waals surface area contributed by atoms with Gasteiger partial charge in [-0.15, -0.1) is 0 Å². The van der Waals surface area contributed by atoms with Crippen molar-refractivity contribution in [1.82, 2.24) is 0 Å². The topological polar surface area (TPSA) is 63.3 Å². The summed E-state index contributed by atoms with van der Waals surface area (Å²) in [7, 11) is 11.9. The third-order valence-electron chi connectivity index (χ3n) is 6.78. The number of ketones is 1. The molecule has 0 spiro atoms. The number of carbonyl (C=O) groups is 1. The fourth-order valence-electron chi connectivity index (χ4n) is 3.74. The van der Waals surface area contributed by atoms with E-state index in [0.29, 0.717) is 10.6 Å². The maximum absolute atomic E-state index is 13.1. The second kappa shape index (κ2) is 4.99. The van der Waals surface area contributed by atoms with Crippen molar-refractivity contribution in [3.05, 3.63) is 34.9 Å². The van der Waals surface area contributed by atoms with Gasteiger partial charge in [-0.25, -0.2) is 0 Å². The minimum atomic E-state index is -1.34. The van der Waals surface area contributed by atoms with Crippen LogP contribution in [0.4, 0.5) is 0 Å². The summed E-state index contributed by atoms with van der Waals surface area (Å²) in [5, 5.41) is 9.53. The van der Waals surface area contributed by atoms with Crippen molar-refractivity contribution in [2.24, 2.45) is 5.73 Å². The molecule has 0 saturated heterocycles. The third kappa shape index (κ3) is 1.88. The van der Waals surface area contributed by atoms with E-state index in [4.69, 9.17) is 17.3 Å². The van der Waals surface area contributed by atoms with E-state index >= 15 is 0 Å². The van der Waals surface area contributed by atoms with Gasteiger partial charge in [0.05, 0.1) is 21.2 Å². The van der Waals surface area contributed by atoms with Gasteiger partial charge in [-0.2, -0.15) is 0 Å². The van der Waals surface area contributed by atoms with Crippen LogP contribution < -0.4 is 5.73 Å². The normalized spacial score (nSPS) is 32.5. The highest BCUT2D eigenvalue weighted by molar-refractivity contribution is 6.64. The van der Waals surface area contributed by atoms with E-state index in [1.165, 1.54) is 0 Å². The van der Waals surface area contributed by atoms with Crippen LogP contribution in [0.15, 0.2) is 24.3 Å². The molecule has 0 heterocycles. The van der Waals surface area contributed by atoms with E-state index in [9.17, 15) is 9.90 Å². The lowest BCUT2D eigenvalue weighted by Gasteiger charge is -2.66. The van der Waals surface area contributed by atoms with Gasteiger partial charge in [0.25, 0.3) is 0 Å². The first kappa shape index (κ1) is 17.8. The molecule has 1 aromatic carbocycles. The van der Waals surface area contributed by atoms with Crippen LogP contribution in [0.1, 0.15) is 5.56 Å². The quantitative estimate of drug-likeness (QED) is 0.515. The largest absolute Gasteiger partial charge is 0.386 e. The zero-order valence-electron chi connectivity index (χ0n) is 14.2. The molecule has 0 aliphatic heterocycles. The van der Waals surface area contributed by atoms with Crippen LogP contribution in [-0.4, -0.2) is 64.1 Å². The van der Waals surface area contributed by atoms with Crippen LogP contribution in [0.5, 0.6) is 0 Å². The van der Waals surface area contributed by atoms with Crippen molar-refractivity contribution in [1.29, 1.82) is 0 Å². The minimum absolute atomic E-state index is 0.366. The lowest BCUT2D eigenvalue weighted by molar-refractivity contribution is -0.138. The highest BCUT2D eigenvalue weighted by atomic mass is 35.5. The Hall–Kier alpha value is -0.510. The van der Waals surface area contributed by atoms with E-state index in [-0.39, 0.29) is 5.78 Å². The Morgan fingerprint density at radius 1 is 1.05 bits per heavy atom. The second-order valence-electron chi connectivity index (χ2n) is 8.03. The summed E-state index contributed by atoms with van der Waals surface area (Å²) in [5.74, 6) is -0.366. The number of hydrogen-bond acceptors (Lipinski definition) is 3. The number of nitrogens with two attached hydrogens (primary N) is 1. The predicted molar refractivity (Wildman–Crippen MR) is 108 cm³/mol. The molecule has 1 aromatic rings. The van der Waals surface area contributed by atoms with E-state index in [2.05, 4.69) is 15.7 Å². The van der Waals surface area contributed by atoms with Crippen molar-refractivity contribution in [3.8, 4) is 0 Å². The Morgan fingerprint density at radius 2 is 1.55 bits per heavy atom. The summed E-state index contributed by atoms with van der Waals surface area (Å²) in [5.41, 5.74) is 5.93. The molecule has 1 aliphatic carbocycles. The zero-order chi connectivity index (χ0) is 17.1. The van der Waals surface area contributed by atoms with Crippen LogP contribution in [0.2, 0.25) is 20.7 Å². The number of rotatable bonds is 1. The van der Waals surface area contributed by atoms with Gasteiger partial charge >= 0.3 is 0 Å². The molecule has 1 saturated carbocycles. The van der Waals surface area contributed by atoms with Crippen molar-refractivity contribution in [2.75, 3.05) is 0 Å². The summed E-state index contributed by atoms with van der Waals surface area (Å²) in [6.45, 7) is 0. The van der Waals surface area contributed by atoms with Crippen molar-refractivity contribution in [2.45, 2.75) is 27.3 Å². The SMILES string of the molecule is BC1(B)C(O)C(=O)C(N)(c2ccccc2Cl)C(B)(B)C1(B)B. The number of hydrogen-bond donors (Lipinski definition) is 2. The number of benzene rings is 1. The number of aliphatic hydroxyl groups is 1. The van der Waals surface area contributed by atoms with Gasteiger partial charge in [-0.3, -0.25) is 4.79 Å². The molecule has 1 aliphatic rings. The fraction of sp³-hybridized carbons (Fsp3) is 0.417. The van der Waals surface area contributed by atoms with E-state index in [1.54, 1.807) is 18.2 Å². The third-order valence-corrected chi connectivity index (χ3v) is 7.11. The van der Waals surface area contributed by atoms with E-state index < -0.39 is 27.3 Å². The highest BCUT2D eigenvalue weighted by Crippen LogP contribution is 2.68. The summed E-state index contributed by atoms with van der Waals surface area (Å²) in [6.07, 6.45) is -1.14. The number of carbonyl (C=O) groups excluding carboxylic acids is 1. The maximum Gasteiger partial charge on any atom is 0.183 e. The Morgan fingerprint density at radius 3 is 2.05 bits per heavy atom. The van der Waals surface area contributed by atoms with E-state index in [1.807, 2.05) is 37.5 Å². The second-order valence-corrected chi connectivity index (χ2v) is 8.43. The smallest absolute Gasteiger partial charge is 0.183 e. The van der Waals surface area contributed by atoms with Crippen LogP contribution in [0, 0.1) is 0 Å². The van der Waals surface area contributed by atoms with E-state index in [0.717, 1.165) is 0 Å². The Labute approximate surface area is 142 Å². The van der Waals surface area contributed by atoms with Crippen LogP contribution in [0.25, 0.3) is 0 Å². The molecule has 0 bridgehead atoms.